The zero-order chi connectivity index (χ0) is 10.7. The molecular formula is C7H6ClN3O3. The van der Waals surface area contributed by atoms with E-state index in [0.29, 0.717) is 0 Å². The highest BCUT2D eigenvalue weighted by Gasteiger charge is 2.21. The largest absolute Gasteiger partial charge is 0.354 e. The van der Waals surface area contributed by atoms with E-state index in [0.717, 1.165) is 6.07 Å². The number of carbonyl (C=O) groups is 1. The van der Waals surface area contributed by atoms with E-state index < -0.39 is 16.5 Å². The van der Waals surface area contributed by atoms with E-state index in [9.17, 15) is 14.9 Å². The first-order valence-corrected chi connectivity index (χ1v) is 3.96. The number of nitro groups is 1. The van der Waals surface area contributed by atoms with Gasteiger partial charge in [-0.1, -0.05) is 11.6 Å². The van der Waals surface area contributed by atoms with Crippen molar-refractivity contribution in [1.29, 1.82) is 0 Å². The number of halogens is 1. The number of amides is 1. The molecule has 1 aromatic heterocycles. The third-order valence-electron chi connectivity index (χ3n) is 1.47. The summed E-state index contributed by atoms with van der Waals surface area (Å²) in [7, 11) is 1.36. The van der Waals surface area contributed by atoms with Crippen molar-refractivity contribution >= 4 is 23.2 Å². The van der Waals surface area contributed by atoms with Crippen molar-refractivity contribution in [2.45, 2.75) is 0 Å². The van der Waals surface area contributed by atoms with Gasteiger partial charge in [-0.05, 0) is 0 Å². The van der Waals surface area contributed by atoms with Crippen LogP contribution in [-0.2, 0) is 0 Å². The summed E-state index contributed by atoms with van der Waals surface area (Å²) in [5.41, 5.74) is -0.654. The first-order chi connectivity index (χ1) is 6.56. The number of hydrogen-bond donors (Lipinski definition) is 1. The lowest BCUT2D eigenvalue weighted by Gasteiger charge is -2.00. The van der Waals surface area contributed by atoms with Gasteiger partial charge in [-0.15, -0.1) is 0 Å². The van der Waals surface area contributed by atoms with Crippen molar-refractivity contribution < 1.29 is 9.72 Å². The molecule has 0 spiro atoms. The number of aromatic nitrogens is 1. The van der Waals surface area contributed by atoms with Gasteiger partial charge in [0, 0.05) is 19.3 Å². The molecule has 1 N–H and O–H groups in total. The number of hydrogen-bond acceptors (Lipinski definition) is 4. The zero-order valence-corrected chi connectivity index (χ0v) is 7.91. The molecule has 0 saturated carbocycles. The molecule has 0 fully saturated rings. The van der Waals surface area contributed by atoms with Crippen molar-refractivity contribution in [3.05, 3.63) is 33.1 Å². The second-order valence-electron chi connectivity index (χ2n) is 2.36. The molecule has 0 aliphatic rings. The maximum Gasteiger partial charge on any atom is 0.302 e. The van der Waals surface area contributed by atoms with Gasteiger partial charge in [0.15, 0.2) is 0 Å². The topological polar surface area (TPSA) is 85.1 Å². The highest BCUT2D eigenvalue weighted by atomic mass is 35.5. The lowest BCUT2D eigenvalue weighted by molar-refractivity contribution is -0.385. The van der Waals surface area contributed by atoms with Crippen molar-refractivity contribution in [1.82, 2.24) is 10.3 Å². The Morgan fingerprint density at radius 1 is 1.71 bits per heavy atom. The molecule has 74 valence electrons. The number of pyridine rings is 1. The molecule has 0 saturated heterocycles. The molecule has 0 aliphatic heterocycles. The fourth-order valence-electron chi connectivity index (χ4n) is 0.861. The summed E-state index contributed by atoms with van der Waals surface area (Å²) in [4.78, 5) is 24.5. The normalized spacial score (nSPS) is 9.57. The summed E-state index contributed by atoms with van der Waals surface area (Å²) in [5.74, 6) is -0.617. The number of rotatable bonds is 2. The third kappa shape index (κ3) is 1.97. The van der Waals surface area contributed by atoms with Gasteiger partial charge in [-0.3, -0.25) is 14.9 Å². The summed E-state index contributed by atoms with van der Waals surface area (Å²) < 4.78 is 0. The monoisotopic (exact) mass is 215 g/mol. The van der Waals surface area contributed by atoms with E-state index in [1.54, 1.807) is 0 Å². The molecular weight excluding hydrogens is 210 g/mol. The molecule has 1 amide bonds. The van der Waals surface area contributed by atoms with Crippen molar-refractivity contribution in [3.63, 3.8) is 0 Å². The predicted octanol–water partition coefficient (Wildman–Crippen LogP) is 1.00. The molecule has 0 bridgehead atoms. The Hall–Kier alpha value is -1.69. The average Bonchev–Trinajstić information content (AvgIpc) is 2.16. The Morgan fingerprint density at radius 2 is 2.36 bits per heavy atom. The maximum absolute atomic E-state index is 11.1. The van der Waals surface area contributed by atoms with Crippen LogP contribution in [-0.4, -0.2) is 22.9 Å². The van der Waals surface area contributed by atoms with E-state index in [2.05, 4.69) is 10.3 Å². The second kappa shape index (κ2) is 4.01. The first kappa shape index (κ1) is 10.4. The Labute approximate surface area is 84.0 Å². The van der Waals surface area contributed by atoms with Crippen molar-refractivity contribution in [2.75, 3.05) is 7.05 Å². The van der Waals surface area contributed by atoms with Gasteiger partial charge >= 0.3 is 5.69 Å². The molecule has 1 rings (SSSR count). The first-order valence-electron chi connectivity index (χ1n) is 3.58. The standard InChI is InChI=1S/C7H6ClN3O3/c1-9-7(12)6-5(11(13)14)2-4(8)3-10-6/h2-3H,1H3,(H,9,12). The molecule has 1 aromatic rings. The number of nitrogens with zero attached hydrogens (tertiary/aromatic N) is 2. The highest BCUT2D eigenvalue weighted by molar-refractivity contribution is 6.30. The van der Waals surface area contributed by atoms with Crippen LogP contribution in [0.15, 0.2) is 12.3 Å². The van der Waals surface area contributed by atoms with Crippen molar-refractivity contribution in [3.8, 4) is 0 Å². The number of carbonyl (C=O) groups excluding carboxylic acids is 1. The SMILES string of the molecule is CNC(=O)c1ncc(Cl)cc1[N+](=O)[O-]. The van der Waals surface area contributed by atoms with Gasteiger partial charge in [0.05, 0.1) is 9.95 Å². The highest BCUT2D eigenvalue weighted by Crippen LogP contribution is 2.20. The van der Waals surface area contributed by atoms with E-state index >= 15 is 0 Å². The summed E-state index contributed by atoms with van der Waals surface area (Å²) in [6.45, 7) is 0. The minimum absolute atomic E-state index is 0.115. The van der Waals surface area contributed by atoms with E-state index in [1.807, 2.05) is 0 Å². The van der Waals surface area contributed by atoms with Gasteiger partial charge in [-0.2, -0.15) is 0 Å². The van der Waals surface area contributed by atoms with Crippen LogP contribution < -0.4 is 5.32 Å². The molecule has 1 heterocycles. The molecule has 0 radical (unpaired) electrons. The van der Waals surface area contributed by atoms with Crippen LogP contribution >= 0.6 is 11.6 Å². The lowest BCUT2D eigenvalue weighted by Crippen LogP contribution is -2.20. The fourth-order valence-corrected chi connectivity index (χ4v) is 1.01. The maximum atomic E-state index is 11.1. The summed E-state index contributed by atoms with van der Waals surface area (Å²) >= 11 is 5.51. The third-order valence-corrected chi connectivity index (χ3v) is 1.68. The Kier molecular flexibility index (Phi) is 2.98. The molecule has 7 heteroatoms. The Balaban J connectivity index is 3.28. The van der Waals surface area contributed by atoms with Crippen LogP contribution in [0.25, 0.3) is 0 Å². The van der Waals surface area contributed by atoms with Crippen molar-refractivity contribution in [2.24, 2.45) is 0 Å². The molecule has 0 aliphatic carbocycles. The lowest BCUT2D eigenvalue weighted by atomic mass is 10.3. The van der Waals surface area contributed by atoms with Crippen LogP contribution in [0.1, 0.15) is 10.5 Å². The van der Waals surface area contributed by atoms with Crippen LogP contribution in [0.2, 0.25) is 5.02 Å². The van der Waals surface area contributed by atoms with Gasteiger partial charge in [0.1, 0.15) is 0 Å². The smallest absolute Gasteiger partial charge is 0.302 e. The van der Waals surface area contributed by atoms with Crippen LogP contribution in [0.5, 0.6) is 0 Å². The minimum atomic E-state index is -0.705. The quantitative estimate of drug-likeness (QED) is 0.589. The zero-order valence-electron chi connectivity index (χ0n) is 7.15. The average molecular weight is 216 g/mol. The van der Waals surface area contributed by atoms with Gasteiger partial charge in [0.2, 0.25) is 5.69 Å². The molecule has 0 atom stereocenters. The second-order valence-corrected chi connectivity index (χ2v) is 2.79. The summed E-state index contributed by atoms with van der Waals surface area (Å²) in [6.07, 6.45) is 1.18. The number of nitrogens with one attached hydrogen (secondary N) is 1. The minimum Gasteiger partial charge on any atom is -0.354 e. The van der Waals surface area contributed by atoms with Crippen LogP contribution in [0.4, 0.5) is 5.69 Å². The summed E-state index contributed by atoms with van der Waals surface area (Å²) in [6, 6.07) is 1.08. The Morgan fingerprint density at radius 3 is 2.86 bits per heavy atom. The molecule has 0 unspecified atom stereocenters. The van der Waals surface area contributed by atoms with Crippen LogP contribution in [0, 0.1) is 10.1 Å². The molecule has 6 nitrogen and oxygen atoms in total. The molecule has 0 aromatic carbocycles. The van der Waals surface area contributed by atoms with Gasteiger partial charge < -0.3 is 5.32 Å². The van der Waals surface area contributed by atoms with E-state index in [1.165, 1.54) is 13.2 Å². The predicted molar refractivity (Wildman–Crippen MR) is 49.3 cm³/mol. The molecule has 14 heavy (non-hydrogen) atoms. The summed E-state index contributed by atoms with van der Waals surface area (Å²) in [5, 5.41) is 12.9. The van der Waals surface area contributed by atoms with Gasteiger partial charge in [0.25, 0.3) is 5.91 Å². The van der Waals surface area contributed by atoms with Gasteiger partial charge in [-0.25, -0.2) is 4.98 Å². The van der Waals surface area contributed by atoms with Crippen LogP contribution in [0.3, 0.4) is 0 Å². The fraction of sp³-hybridized carbons (Fsp3) is 0.143. The Bertz CT molecular complexity index is 394. The van der Waals surface area contributed by atoms with E-state index in [4.69, 9.17) is 11.6 Å². The van der Waals surface area contributed by atoms with E-state index in [-0.39, 0.29) is 10.7 Å².